The number of hydrogen-bond acceptors (Lipinski definition) is 3. The quantitative estimate of drug-likeness (QED) is 0.794. The van der Waals surface area contributed by atoms with Gasteiger partial charge in [-0.25, -0.2) is 4.98 Å². The molecule has 0 atom stereocenters. The van der Waals surface area contributed by atoms with E-state index in [9.17, 15) is 9.90 Å². The largest absolute Gasteiger partial charge is 0.386 e. The molecule has 0 spiro atoms. The minimum absolute atomic E-state index is 0.170. The number of β-amino-alcohol motifs (C(OH)–C–C–N with tert-alkyl or cyclic N) is 1. The Hall–Kier alpha value is -1.13. The molecule has 16 heavy (non-hydrogen) atoms. The molecule has 0 bridgehead atoms. The molecule has 1 saturated heterocycles. The number of pyridine rings is 1. The molecule has 0 saturated carbocycles. The highest BCUT2D eigenvalue weighted by Gasteiger charge is 2.42. The number of carbonyl (C=O) groups excluding carboxylic acids is 1. The predicted octanol–water partition coefficient (Wildman–Crippen LogP) is 1.33. The number of likely N-dealkylation sites (tertiary alicyclic amines) is 1. The number of aromatic nitrogens is 1. The summed E-state index contributed by atoms with van der Waals surface area (Å²) in [6.45, 7) is 2.64. The number of amides is 1. The molecule has 1 aliphatic rings. The summed E-state index contributed by atoms with van der Waals surface area (Å²) in [7, 11) is 0. The number of aliphatic hydroxyl groups is 1. The Balaban J connectivity index is 2.09. The van der Waals surface area contributed by atoms with Crippen LogP contribution in [0.15, 0.2) is 18.3 Å². The first-order chi connectivity index (χ1) is 7.56. The zero-order valence-electron chi connectivity index (χ0n) is 8.98. The molecule has 86 valence electrons. The summed E-state index contributed by atoms with van der Waals surface area (Å²) in [5, 5.41) is 10.0. The van der Waals surface area contributed by atoms with E-state index in [0.29, 0.717) is 25.1 Å². The molecule has 1 amide bonds. The van der Waals surface area contributed by atoms with Gasteiger partial charge in [-0.3, -0.25) is 4.79 Å². The highest BCUT2D eigenvalue weighted by atomic mass is 35.5. The lowest BCUT2D eigenvalue weighted by molar-refractivity contribution is -0.0826. The summed E-state index contributed by atoms with van der Waals surface area (Å²) in [5.74, 6) is -0.170. The van der Waals surface area contributed by atoms with Crippen LogP contribution in [0.2, 0.25) is 5.15 Å². The Kier molecular flexibility index (Phi) is 2.86. The standard InChI is InChI=1S/C11H13ClN2O2/c1-2-11(16)6-14(7-11)10(15)8-4-3-5-13-9(8)12/h3-5,16H,2,6-7H2,1H3. The van der Waals surface area contributed by atoms with Crippen LogP contribution < -0.4 is 0 Å². The van der Waals surface area contributed by atoms with Gasteiger partial charge in [0, 0.05) is 6.20 Å². The molecule has 0 unspecified atom stereocenters. The molecule has 1 fully saturated rings. The lowest BCUT2D eigenvalue weighted by Gasteiger charge is -2.46. The number of hydrogen-bond donors (Lipinski definition) is 1. The average molecular weight is 241 g/mol. The van der Waals surface area contributed by atoms with Crippen LogP contribution in [0.5, 0.6) is 0 Å². The maximum atomic E-state index is 11.9. The molecule has 1 aromatic rings. The third-order valence-corrected chi connectivity index (χ3v) is 3.21. The Morgan fingerprint density at radius 1 is 1.69 bits per heavy atom. The lowest BCUT2D eigenvalue weighted by atomic mass is 9.91. The van der Waals surface area contributed by atoms with E-state index in [2.05, 4.69) is 4.98 Å². The summed E-state index contributed by atoms with van der Waals surface area (Å²) in [6.07, 6.45) is 2.19. The van der Waals surface area contributed by atoms with E-state index in [1.165, 1.54) is 6.20 Å². The van der Waals surface area contributed by atoms with Gasteiger partial charge in [0.25, 0.3) is 5.91 Å². The number of carbonyl (C=O) groups is 1. The van der Waals surface area contributed by atoms with Crippen molar-refractivity contribution in [2.75, 3.05) is 13.1 Å². The first-order valence-electron chi connectivity index (χ1n) is 5.18. The minimum atomic E-state index is -0.718. The second-order valence-electron chi connectivity index (χ2n) is 4.08. The van der Waals surface area contributed by atoms with Crippen LogP contribution >= 0.6 is 11.6 Å². The second-order valence-corrected chi connectivity index (χ2v) is 4.44. The van der Waals surface area contributed by atoms with Gasteiger partial charge in [0.1, 0.15) is 5.15 Å². The van der Waals surface area contributed by atoms with Crippen molar-refractivity contribution in [1.29, 1.82) is 0 Å². The third kappa shape index (κ3) is 1.90. The summed E-state index contributed by atoms with van der Waals surface area (Å²) >= 11 is 5.83. The van der Waals surface area contributed by atoms with Crippen LogP contribution in [0.25, 0.3) is 0 Å². The lowest BCUT2D eigenvalue weighted by Crippen LogP contribution is -2.63. The normalized spacial score (nSPS) is 18.1. The predicted molar refractivity (Wildman–Crippen MR) is 60.4 cm³/mol. The minimum Gasteiger partial charge on any atom is -0.386 e. The van der Waals surface area contributed by atoms with Gasteiger partial charge < -0.3 is 10.0 Å². The first-order valence-corrected chi connectivity index (χ1v) is 5.56. The maximum Gasteiger partial charge on any atom is 0.257 e. The summed E-state index contributed by atoms with van der Waals surface area (Å²) in [5.41, 5.74) is -0.327. The zero-order valence-corrected chi connectivity index (χ0v) is 9.74. The van der Waals surface area contributed by atoms with Crippen molar-refractivity contribution in [2.24, 2.45) is 0 Å². The SMILES string of the molecule is CCC1(O)CN(C(=O)c2cccnc2Cl)C1. The van der Waals surface area contributed by atoms with Gasteiger partial charge in [-0.15, -0.1) is 0 Å². The Labute approximate surface area is 98.9 Å². The molecule has 2 heterocycles. The van der Waals surface area contributed by atoms with Crippen molar-refractivity contribution >= 4 is 17.5 Å². The molecule has 2 rings (SSSR count). The van der Waals surface area contributed by atoms with E-state index >= 15 is 0 Å². The number of nitrogens with zero attached hydrogens (tertiary/aromatic N) is 2. The van der Waals surface area contributed by atoms with Crippen LogP contribution in [0.1, 0.15) is 23.7 Å². The molecule has 0 aromatic carbocycles. The third-order valence-electron chi connectivity index (χ3n) is 2.91. The monoisotopic (exact) mass is 240 g/mol. The first kappa shape index (κ1) is 11.4. The molecule has 1 aliphatic heterocycles. The van der Waals surface area contributed by atoms with E-state index < -0.39 is 5.60 Å². The van der Waals surface area contributed by atoms with Gasteiger partial charge in [-0.2, -0.15) is 0 Å². The van der Waals surface area contributed by atoms with Crippen molar-refractivity contribution in [3.8, 4) is 0 Å². The van der Waals surface area contributed by atoms with E-state index in [-0.39, 0.29) is 11.1 Å². The van der Waals surface area contributed by atoms with E-state index in [1.54, 1.807) is 17.0 Å². The molecular formula is C11H13ClN2O2. The van der Waals surface area contributed by atoms with Crippen molar-refractivity contribution in [1.82, 2.24) is 9.88 Å². The molecule has 4 nitrogen and oxygen atoms in total. The fraction of sp³-hybridized carbons (Fsp3) is 0.455. The number of rotatable bonds is 2. The van der Waals surface area contributed by atoms with E-state index in [0.717, 1.165) is 0 Å². The van der Waals surface area contributed by atoms with E-state index in [1.807, 2.05) is 6.92 Å². The van der Waals surface area contributed by atoms with Crippen molar-refractivity contribution in [3.63, 3.8) is 0 Å². The van der Waals surface area contributed by atoms with Crippen LogP contribution in [0.4, 0.5) is 0 Å². The fourth-order valence-corrected chi connectivity index (χ4v) is 1.95. The van der Waals surface area contributed by atoms with Gasteiger partial charge in [0.2, 0.25) is 0 Å². The van der Waals surface area contributed by atoms with Crippen LogP contribution in [-0.2, 0) is 0 Å². The summed E-state index contributed by atoms with van der Waals surface area (Å²) < 4.78 is 0. The second kappa shape index (κ2) is 4.03. The Morgan fingerprint density at radius 2 is 2.38 bits per heavy atom. The maximum absolute atomic E-state index is 11.9. The highest BCUT2D eigenvalue weighted by molar-refractivity contribution is 6.32. The smallest absolute Gasteiger partial charge is 0.257 e. The molecule has 0 aliphatic carbocycles. The topological polar surface area (TPSA) is 53.4 Å². The van der Waals surface area contributed by atoms with Gasteiger partial charge in [0.05, 0.1) is 24.3 Å². The summed E-state index contributed by atoms with van der Waals surface area (Å²) in [4.78, 5) is 17.4. The number of halogens is 1. The van der Waals surface area contributed by atoms with Gasteiger partial charge in [-0.1, -0.05) is 18.5 Å². The highest BCUT2D eigenvalue weighted by Crippen LogP contribution is 2.26. The molecule has 1 N–H and O–H groups in total. The van der Waals surface area contributed by atoms with Gasteiger partial charge >= 0.3 is 0 Å². The fourth-order valence-electron chi connectivity index (χ4n) is 1.75. The van der Waals surface area contributed by atoms with Crippen molar-refractivity contribution in [3.05, 3.63) is 29.0 Å². The van der Waals surface area contributed by atoms with Crippen LogP contribution in [0.3, 0.4) is 0 Å². The summed E-state index contributed by atoms with van der Waals surface area (Å²) in [6, 6.07) is 3.31. The van der Waals surface area contributed by atoms with Gasteiger partial charge in [-0.05, 0) is 18.6 Å². The zero-order chi connectivity index (χ0) is 11.8. The Bertz CT molecular complexity index is 416. The van der Waals surface area contributed by atoms with Crippen molar-refractivity contribution in [2.45, 2.75) is 18.9 Å². The average Bonchev–Trinajstić information content (AvgIpc) is 2.24. The molecule has 0 radical (unpaired) electrons. The molecular weight excluding hydrogens is 228 g/mol. The van der Waals surface area contributed by atoms with Crippen LogP contribution in [0, 0.1) is 0 Å². The van der Waals surface area contributed by atoms with Crippen molar-refractivity contribution < 1.29 is 9.90 Å². The Morgan fingerprint density at radius 3 is 2.94 bits per heavy atom. The van der Waals surface area contributed by atoms with Gasteiger partial charge in [0.15, 0.2) is 0 Å². The molecule has 1 aromatic heterocycles. The van der Waals surface area contributed by atoms with Crippen LogP contribution in [-0.4, -0.2) is 39.6 Å². The molecule has 5 heteroatoms. The van der Waals surface area contributed by atoms with E-state index in [4.69, 9.17) is 11.6 Å².